The largest absolute Gasteiger partial charge is 0.345 e. The van der Waals surface area contributed by atoms with Gasteiger partial charge in [-0.3, -0.25) is 4.79 Å². The van der Waals surface area contributed by atoms with Gasteiger partial charge in [0.2, 0.25) is 10.0 Å². The summed E-state index contributed by atoms with van der Waals surface area (Å²) < 4.78 is 42.3. The summed E-state index contributed by atoms with van der Waals surface area (Å²) >= 11 is 3.28. The number of nitrogens with one attached hydrogen (secondary N) is 2. The molecule has 0 aliphatic heterocycles. The smallest absolute Gasteiger partial charge is 0.243 e. The molecular weight excluding hydrogens is 425 g/mol. The van der Waals surface area contributed by atoms with Gasteiger partial charge in [0.1, 0.15) is 10.5 Å². The number of ketones is 1. The summed E-state index contributed by atoms with van der Waals surface area (Å²) in [7, 11) is -4.03. The zero-order valence-corrected chi connectivity index (χ0v) is 16.1. The lowest BCUT2D eigenvalue weighted by atomic mass is 10.0. The molecule has 0 radical (unpaired) electrons. The van der Waals surface area contributed by atoms with E-state index in [1.165, 1.54) is 18.3 Å². The lowest BCUT2D eigenvalue weighted by Crippen LogP contribution is -2.26. The normalized spacial score (nSPS) is 11.8. The van der Waals surface area contributed by atoms with Crippen molar-refractivity contribution in [3.63, 3.8) is 0 Å². The van der Waals surface area contributed by atoms with Crippen LogP contribution in [0.25, 0.3) is 11.0 Å². The van der Waals surface area contributed by atoms with Crippen LogP contribution in [0.2, 0.25) is 0 Å². The number of rotatable bonds is 6. The van der Waals surface area contributed by atoms with Crippen LogP contribution in [0.15, 0.2) is 46.0 Å². The first-order valence-electron chi connectivity index (χ1n) is 7.80. The van der Waals surface area contributed by atoms with Gasteiger partial charge in [-0.1, -0.05) is 13.0 Å². The number of fused-ring (bicyclic) bond motifs is 1. The fourth-order valence-corrected chi connectivity index (χ4v) is 4.08. The first-order chi connectivity index (χ1) is 12.3. The van der Waals surface area contributed by atoms with E-state index in [0.717, 1.165) is 6.07 Å². The fraction of sp³-hybridized carbons (Fsp3) is 0.176. The van der Waals surface area contributed by atoms with Crippen molar-refractivity contribution < 1.29 is 17.6 Å². The summed E-state index contributed by atoms with van der Waals surface area (Å²) in [6.45, 7) is 1.98. The molecule has 0 bridgehead atoms. The van der Waals surface area contributed by atoms with Crippen LogP contribution in [0.5, 0.6) is 0 Å². The average molecular weight is 440 g/mol. The molecular formula is C17H15BrFN3O3S. The van der Waals surface area contributed by atoms with Crippen molar-refractivity contribution in [3.8, 4) is 0 Å². The zero-order chi connectivity index (χ0) is 18.9. The second kappa shape index (κ2) is 7.26. The van der Waals surface area contributed by atoms with E-state index >= 15 is 0 Å². The molecule has 2 N–H and O–H groups in total. The molecule has 0 saturated carbocycles. The molecule has 0 fully saturated rings. The Kier molecular flexibility index (Phi) is 5.22. The molecule has 0 aliphatic carbocycles. The molecule has 26 heavy (non-hydrogen) atoms. The van der Waals surface area contributed by atoms with Crippen molar-refractivity contribution in [1.29, 1.82) is 0 Å². The van der Waals surface area contributed by atoms with Crippen LogP contribution < -0.4 is 4.72 Å². The van der Waals surface area contributed by atoms with Gasteiger partial charge in [0, 0.05) is 34.4 Å². The average Bonchev–Trinajstić information content (AvgIpc) is 3.02. The van der Waals surface area contributed by atoms with E-state index in [4.69, 9.17) is 0 Å². The number of aromatic amines is 1. The number of H-pyrrole nitrogens is 1. The van der Waals surface area contributed by atoms with Gasteiger partial charge >= 0.3 is 0 Å². The number of carbonyl (C=O) groups excluding carboxylic acids is 1. The number of carbonyl (C=O) groups is 1. The Bertz CT molecular complexity index is 1100. The number of hydrogen-bond donors (Lipinski definition) is 2. The molecule has 3 aromatic rings. The van der Waals surface area contributed by atoms with E-state index in [1.54, 1.807) is 19.2 Å². The van der Waals surface area contributed by atoms with Gasteiger partial charge in [0.25, 0.3) is 0 Å². The Hall–Kier alpha value is -2.10. The highest BCUT2D eigenvalue weighted by Gasteiger charge is 2.25. The highest BCUT2D eigenvalue weighted by Crippen LogP contribution is 2.26. The van der Waals surface area contributed by atoms with Crippen LogP contribution >= 0.6 is 15.9 Å². The third-order valence-electron chi connectivity index (χ3n) is 3.78. The summed E-state index contributed by atoms with van der Waals surface area (Å²) in [6.07, 6.45) is 3.57. The summed E-state index contributed by atoms with van der Waals surface area (Å²) in [5.41, 5.74) is 0.374. The Balaban J connectivity index is 2.08. The van der Waals surface area contributed by atoms with E-state index in [2.05, 4.69) is 30.6 Å². The lowest BCUT2D eigenvalue weighted by molar-refractivity contribution is 0.103. The topological polar surface area (TPSA) is 91.9 Å². The highest BCUT2D eigenvalue weighted by molar-refractivity contribution is 9.10. The molecule has 9 heteroatoms. The maximum atomic E-state index is 14.8. The van der Waals surface area contributed by atoms with E-state index in [9.17, 15) is 17.6 Å². The number of sulfonamides is 1. The van der Waals surface area contributed by atoms with Gasteiger partial charge < -0.3 is 4.98 Å². The predicted molar refractivity (Wildman–Crippen MR) is 99.1 cm³/mol. The second-order valence-corrected chi connectivity index (χ2v) is 8.25. The van der Waals surface area contributed by atoms with Crippen molar-refractivity contribution in [1.82, 2.24) is 14.7 Å². The summed E-state index contributed by atoms with van der Waals surface area (Å²) in [4.78, 5) is 19.3. The number of benzene rings is 1. The standard InChI is InChI=1S/C17H15BrFN3O3S/c1-2-6-22-26(24,25)14-5-3-4-11(15(14)19)16(23)13-9-21-17-12(13)7-10(18)8-20-17/h3-5,7-9,22H,2,6H2,1H3,(H,20,21). The van der Waals surface area contributed by atoms with Gasteiger partial charge in [-0.15, -0.1) is 0 Å². The van der Waals surface area contributed by atoms with E-state index in [-0.39, 0.29) is 17.7 Å². The Labute approximate surface area is 158 Å². The molecule has 0 spiro atoms. The first kappa shape index (κ1) is 18.7. The third-order valence-corrected chi connectivity index (χ3v) is 5.69. The van der Waals surface area contributed by atoms with Crippen molar-refractivity contribution in [2.24, 2.45) is 0 Å². The molecule has 6 nitrogen and oxygen atoms in total. The minimum absolute atomic E-state index is 0.183. The molecule has 0 atom stereocenters. The molecule has 0 saturated heterocycles. The van der Waals surface area contributed by atoms with Gasteiger partial charge in [-0.2, -0.15) is 0 Å². The van der Waals surface area contributed by atoms with Crippen LogP contribution in [-0.2, 0) is 10.0 Å². The third kappa shape index (κ3) is 3.42. The maximum absolute atomic E-state index is 14.8. The van der Waals surface area contributed by atoms with Crippen molar-refractivity contribution in [2.45, 2.75) is 18.2 Å². The quantitative estimate of drug-likeness (QED) is 0.575. The Morgan fingerprint density at radius 2 is 2.12 bits per heavy atom. The van der Waals surface area contributed by atoms with Crippen molar-refractivity contribution in [2.75, 3.05) is 6.54 Å². The summed E-state index contributed by atoms with van der Waals surface area (Å²) in [5, 5.41) is 0.515. The predicted octanol–water partition coefficient (Wildman–Crippen LogP) is 3.38. The molecule has 2 aromatic heterocycles. The monoisotopic (exact) mass is 439 g/mol. The Morgan fingerprint density at radius 1 is 1.35 bits per heavy atom. The fourth-order valence-electron chi connectivity index (χ4n) is 2.52. The minimum atomic E-state index is -4.03. The Morgan fingerprint density at radius 3 is 2.85 bits per heavy atom. The number of hydrogen-bond acceptors (Lipinski definition) is 4. The molecule has 0 aliphatic rings. The second-order valence-electron chi connectivity index (χ2n) is 5.60. The van der Waals surface area contributed by atoms with E-state index < -0.39 is 26.5 Å². The van der Waals surface area contributed by atoms with Gasteiger partial charge in [-0.25, -0.2) is 22.5 Å². The van der Waals surface area contributed by atoms with E-state index in [1.807, 2.05) is 0 Å². The number of halogens is 2. The van der Waals surface area contributed by atoms with Crippen LogP contribution in [-0.4, -0.2) is 30.7 Å². The van der Waals surface area contributed by atoms with Gasteiger partial charge in [0.15, 0.2) is 11.6 Å². The van der Waals surface area contributed by atoms with Crippen molar-refractivity contribution in [3.05, 3.63) is 58.1 Å². The molecule has 136 valence electrons. The molecule has 0 amide bonds. The molecule has 3 rings (SSSR count). The van der Waals surface area contributed by atoms with E-state index in [0.29, 0.717) is 21.9 Å². The molecule has 1 aromatic carbocycles. The van der Waals surface area contributed by atoms with Gasteiger partial charge in [0.05, 0.1) is 5.56 Å². The van der Waals surface area contributed by atoms with Crippen LogP contribution in [0.4, 0.5) is 4.39 Å². The first-order valence-corrected chi connectivity index (χ1v) is 10.1. The maximum Gasteiger partial charge on any atom is 0.243 e. The summed E-state index contributed by atoms with van der Waals surface area (Å²) in [6, 6.07) is 5.44. The number of aromatic nitrogens is 2. The van der Waals surface area contributed by atoms with Crippen LogP contribution in [0.3, 0.4) is 0 Å². The summed E-state index contributed by atoms with van der Waals surface area (Å²) in [5.74, 6) is -1.69. The SMILES string of the molecule is CCCNS(=O)(=O)c1cccc(C(=O)c2c[nH]c3ncc(Br)cc23)c1F. The molecule has 2 heterocycles. The number of pyridine rings is 1. The number of nitrogens with zero attached hydrogens (tertiary/aromatic N) is 1. The zero-order valence-electron chi connectivity index (χ0n) is 13.7. The van der Waals surface area contributed by atoms with Gasteiger partial charge in [-0.05, 0) is 40.5 Å². The lowest BCUT2D eigenvalue weighted by Gasteiger charge is -2.09. The molecule has 0 unspecified atom stereocenters. The van der Waals surface area contributed by atoms with Crippen LogP contribution in [0, 0.1) is 5.82 Å². The highest BCUT2D eigenvalue weighted by atomic mass is 79.9. The minimum Gasteiger partial charge on any atom is -0.345 e. The van der Waals surface area contributed by atoms with Crippen molar-refractivity contribution >= 4 is 42.8 Å². The van der Waals surface area contributed by atoms with Crippen LogP contribution in [0.1, 0.15) is 29.3 Å².